The minimum atomic E-state index is 0.703. The second-order valence-corrected chi connectivity index (χ2v) is 2.62. The van der Waals surface area contributed by atoms with Crippen LogP contribution in [0, 0.1) is 6.07 Å². The predicted octanol–water partition coefficient (Wildman–Crippen LogP) is 2.01. The summed E-state index contributed by atoms with van der Waals surface area (Å²) in [6.07, 6.45) is 0. The van der Waals surface area contributed by atoms with Crippen LogP contribution in [0.25, 0.3) is 10.9 Å². The highest BCUT2D eigenvalue weighted by molar-refractivity contribution is 5.79. The lowest BCUT2D eigenvalue weighted by molar-refractivity contribution is 0.269. The summed E-state index contributed by atoms with van der Waals surface area (Å²) in [4.78, 5) is 9.05. The van der Waals surface area contributed by atoms with Crippen LogP contribution < -0.4 is 5.48 Å². The van der Waals surface area contributed by atoms with Crippen LogP contribution in [-0.4, -0.2) is 12.1 Å². The van der Waals surface area contributed by atoms with Gasteiger partial charge in [0.25, 0.3) is 0 Å². The molecule has 0 amide bonds. The normalized spacial score (nSPS) is 10.2. The Morgan fingerprint density at radius 1 is 1.38 bits per heavy atom. The zero-order valence-electron chi connectivity index (χ0n) is 7.24. The Labute approximate surface area is 76.3 Å². The summed E-state index contributed by atoms with van der Waals surface area (Å²) in [5.41, 5.74) is 3.58. The van der Waals surface area contributed by atoms with Gasteiger partial charge in [-0.25, -0.2) is 10.5 Å². The van der Waals surface area contributed by atoms with Gasteiger partial charge in [-0.05, 0) is 24.3 Å². The monoisotopic (exact) mass is 173 g/mol. The van der Waals surface area contributed by atoms with Crippen molar-refractivity contribution in [1.82, 2.24) is 4.98 Å². The molecular weight excluding hydrogens is 164 g/mol. The number of nitrogens with zero attached hydrogens (tertiary/aromatic N) is 1. The molecular formula is C10H9N2O. The zero-order chi connectivity index (χ0) is 9.10. The van der Waals surface area contributed by atoms with E-state index in [0.29, 0.717) is 5.82 Å². The Hall–Kier alpha value is -1.61. The number of hydrogen-bond donors (Lipinski definition) is 1. The number of aromatic nitrogens is 1. The Morgan fingerprint density at radius 3 is 3.15 bits per heavy atom. The van der Waals surface area contributed by atoms with Crippen molar-refractivity contribution in [2.24, 2.45) is 0 Å². The first-order valence-corrected chi connectivity index (χ1v) is 3.96. The van der Waals surface area contributed by atoms with Gasteiger partial charge in [0.05, 0.1) is 12.6 Å². The summed E-state index contributed by atoms with van der Waals surface area (Å²) in [5, 5.41) is 1.10. The lowest BCUT2D eigenvalue weighted by Crippen LogP contribution is -1.97. The number of fused-ring (bicyclic) bond motifs is 1. The fraction of sp³-hybridized carbons (Fsp3) is 0.100. The molecule has 0 spiro atoms. The van der Waals surface area contributed by atoms with E-state index >= 15 is 0 Å². The molecule has 13 heavy (non-hydrogen) atoms. The maximum absolute atomic E-state index is 4.75. The van der Waals surface area contributed by atoms with E-state index in [4.69, 9.17) is 4.84 Å². The molecule has 0 saturated carbocycles. The molecule has 0 aliphatic rings. The Bertz CT molecular complexity index is 414. The minimum absolute atomic E-state index is 0.703. The number of pyridine rings is 1. The molecule has 0 aliphatic carbocycles. The first-order valence-electron chi connectivity index (χ1n) is 3.96. The molecule has 2 aromatic rings. The molecule has 0 aliphatic heterocycles. The number of hydrogen-bond acceptors (Lipinski definition) is 3. The maximum Gasteiger partial charge on any atom is 0.150 e. The van der Waals surface area contributed by atoms with Crippen LogP contribution >= 0.6 is 0 Å². The molecule has 0 bridgehead atoms. The van der Waals surface area contributed by atoms with Crippen LogP contribution in [0.4, 0.5) is 5.82 Å². The van der Waals surface area contributed by atoms with E-state index in [1.807, 2.05) is 30.3 Å². The topological polar surface area (TPSA) is 34.1 Å². The third kappa shape index (κ3) is 1.60. The smallest absolute Gasteiger partial charge is 0.150 e. The molecule has 65 valence electrons. The first-order chi connectivity index (χ1) is 6.40. The quantitative estimate of drug-likeness (QED) is 0.705. The third-order valence-corrected chi connectivity index (χ3v) is 1.74. The second kappa shape index (κ2) is 3.41. The molecule has 0 saturated heterocycles. The van der Waals surface area contributed by atoms with Crippen LogP contribution in [0.1, 0.15) is 0 Å². The summed E-state index contributed by atoms with van der Waals surface area (Å²) in [7, 11) is 1.56. The van der Waals surface area contributed by atoms with E-state index < -0.39 is 0 Å². The standard InChI is InChI=1S/C10H9N2O/c1-13-12-10-7-6-8-4-2-3-5-9(8)11-10/h2,4-7H,1H3,(H,11,12). The van der Waals surface area contributed by atoms with E-state index in [-0.39, 0.29) is 0 Å². The fourth-order valence-corrected chi connectivity index (χ4v) is 1.17. The van der Waals surface area contributed by atoms with Crippen LogP contribution in [0.5, 0.6) is 0 Å². The van der Waals surface area contributed by atoms with E-state index in [1.54, 1.807) is 7.11 Å². The van der Waals surface area contributed by atoms with Crippen molar-refractivity contribution in [2.75, 3.05) is 12.6 Å². The van der Waals surface area contributed by atoms with Gasteiger partial charge in [-0.15, -0.1) is 0 Å². The summed E-state index contributed by atoms with van der Waals surface area (Å²) in [6.45, 7) is 0. The first kappa shape index (κ1) is 8.01. The van der Waals surface area contributed by atoms with Crippen LogP contribution in [0.3, 0.4) is 0 Å². The van der Waals surface area contributed by atoms with Gasteiger partial charge in [0.2, 0.25) is 0 Å². The lowest BCUT2D eigenvalue weighted by atomic mass is 10.2. The average Bonchev–Trinajstić information content (AvgIpc) is 2.18. The number of anilines is 1. The molecule has 1 radical (unpaired) electrons. The van der Waals surface area contributed by atoms with Gasteiger partial charge in [-0.3, -0.25) is 4.84 Å². The fourth-order valence-electron chi connectivity index (χ4n) is 1.17. The van der Waals surface area contributed by atoms with Crippen molar-refractivity contribution in [3.8, 4) is 0 Å². The molecule has 3 heteroatoms. The molecule has 0 fully saturated rings. The van der Waals surface area contributed by atoms with Crippen molar-refractivity contribution in [3.05, 3.63) is 36.4 Å². The number of benzene rings is 1. The van der Waals surface area contributed by atoms with Crippen LogP contribution in [0.15, 0.2) is 30.3 Å². The summed E-state index contributed by atoms with van der Waals surface area (Å²) in [5.74, 6) is 0.703. The molecule has 0 unspecified atom stereocenters. The summed E-state index contributed by atoms with van der Waals surface area (Å²) < 4.78 is 0. The van der Waals surface area contributed by atoms with Crippen molar-refractivity contribution < 1.29 is 4.84 Å². The molecule has 1 N–H and O–H groups in total. The molecule has 2 rings (SSSR count). The number of rotatable bonds is 2. The lowest BCUT2D eigenvalue weighted by Gasteiger charge is -2.02. The Morgan fingerprint density at radius 2 is 2.31 bits per heavy atom. The van der Waals surface area contributed by atoms with Gasteiger partial charge in [0, 0.05) is 5.39 Å². The van der Waals surface area contributed by atoms with Crippen molar-refractivity contribution in [3.63, 3.8) is 0 Å². The third-order valence-electron chi connectivity index (χ3n) is 1.74. The van der Waals surface area contributed by atoms with Crippen molar-refractivity contribution >= 4 is 16.7 Å². The predicted molar refractivity (Wildman–Crippen MR) is 51.2 cm³/mol. The zero-order valence-corrected chi connectivity index (χ0v) is 7.24. The van der Waals surface area contributed by atoms with Gasteiger partial charge in [0.1, 0.15) is 5.82 Å². The Balaban J connectivity index is 2.49. The maximum atomic E-state index is 4.75. The van der Waals surface area contributed by atoms with Crippen LogP contribution in [0.2, 0.25) is 0 Å². The van der Waals surface area contributed by atoms with E-state index in [9.17, 15) is 0 Å². The Kier molecular flexibility index (Phi) is 2.10. The average molecular weight is 173 g/mol. The molecule has 3 nitrogen and oxygen atoms in total. The highest BCUT2D eigenvalue weighted by atomic mass is 16.6. The number of nitrogens with one attached hydrogen (secondary N) is 1. The summed E-state index contributed by atoms with van der Waals surface area (Å²) >= 11 is 0. The van der Waals surface area contributed by atoms with Crippen molar-refractivity contribution in [1.29, 1.82) is 0 Å². The van der Waals surface area contributed by atoms with Gasteiger partial charge in [0.15, 0.2) is 0 Å². The van der Waals surface area contributed by atoms with Gasteiger partial charge >= 0.3 is 0 Å². The van der Waals surface area contributed by atoms with Gasteiger partial charge < -0.3 is 0 Å². The highest BCUT2D eigenvalue weighted by Gasteiger charge is 1.95. The largest absolute Gasteiger partial charge is 0.278 e. The second-order valence-electron chi connectivity index (χ2n) is 2.62. The molecule has 0 atom stereocenters. The van der Waals surface area contributed by atoms with Gasteiger partial charge in [-0.2, -0.15) is 0 Å². The molecule has 1 heterocycles. The summed E-state index contributed by atoms with van der Waals surface area (Å²) in [6, 6.07) is 12.5. The van der Waals surface area contributed by atoms with Gasteiger partial charge in [-0.1, -0.05) is 12.1 Å². The minimum Gasteiger partial charge on any atom is -0.278 e. The highest BCUT2D eigenvalue weighted by Crippen LogP contribution is 2.13. The SMILES string of the molecule is CONc1ccc2cc[c]cc2n1. The molecule has 1 aromatic carbocycles. The van der Waals surface area contributed by atoms with E-state index in [1.165, 1.54) is 0 Å². The van der Waals surface area contributed by atoms with Crippen molar-refractivity contribution in [2.45, 2.75) is 0 Å². The van der Waals surface area contributed by atoms with Crippen LogP contribution in [-0.2, 0) is 4.84 Å². The van der Waals surface area contributed by atoms with E-state index in [0.717, 1.165) is 10.9 Å². The molecule has 1 aromatic heterocycles. The van der Waals surface area contributed by atoms with E-state index in [2.05, 4.69) is 16.5 Å².